The summed E-state index contributed by atoms with van der Waals surface area (Å²) in [5, 5.41) is 11.5. The normalized spacial score (nSPS) is 12.0. The summed E-state index contributed by atoms with van der Waals surface area (Å²) in [5.41, 5.74) is 4.93. The first-order chi connectivity index (χ1) is 7.09. The summed E-state index contributed by atoms with van der Waals surface area (Å²) in [6.45, 7) is 0. The number of primary amides is 1. The fourth-order valence-electron chi connectivity index (χ4n) is 1.08. The van der Waals surface area contributed by atoms with Crippen LogP contribution in [0.2, 0.25) is 0 Å². The van der Waals surface area contributed by atoms with Crippen molar-refractivity contribution in [3.05, 3.63) is 18.4 Å². The minimum Gasteiger partial charge on any atom is -0.480 e. The first-order valence-corrected chi connectivity index (χ1v) is 4.40. The average molecular weight is 212 g/mol. The lowest BCUT2D eigenvalue weighted by Gasteiger charge is -2.12. The van der Waals surface area contributed by atoms with Gasteiger partial charge in [0.2, 0.25) is 5.91 Å². The molecule has 0 aliphatic rings. The minimum atomic E-state index is -1.05. The predicted octanol–water partition coefficient (Wildman–Crippen LogP) is 0.410. The van der Waals surface area contributed by atoms with Gasteiger partial charge in [-0.25, -0.2) is 4.79 Å². The van der Waals surface area contributed by atoms with E-state index in [1.165, 1.54) is 6.26 Å². The standard InChI is InChI=1S/C9H12N2O4/c10-7(12)4-3-6(9(13)14)11-8-2-1-5-15-8/h1-2,5-6,11H,3-4H2,(H2,10,12)(H,13,14). The van der Waals surface area contributed by atoms with Crippen LogP contribution in [0.5, 0.6) is 0 Å². The molecular weight excluding hydrogens is 200 g/mol. The van der Waals surface area contributed by atoms with E-state index in [0.29, 0.717) is 5.88 Å². The van der Waals surface area contributed by atoms with E-state index in [-0.39, 0.29) is 12.8 Å². The van der Waals surface area contributed by atoms with Crippen LogP contribution in [0.15, 0.2) is 22.8 Å². The average Bonchev–Trinajstić information content (AvgIpc) is 2.63. The Balaban J connectivity index is 2.51. The maximum absolute atomic E-state index is 10.8. The molecule has 15 heavy (non-hydrogen) atoms. The van der Waals surface area contributed by atoms with Crippen molar-refractivity contribution in [3.8, 4) is 0 Å². The number of carbonyl (C=O) groups excluding carboxylic acids is 1. The molecule has 6 nitrogen and oxygen atoms in total. The van der Waals surface area contributed by atoms with E-state index in [1.54, 1.807) is 12.1 Å². The maximum Gasteiger partial charge on any atom is 0.326 e. The van der Waals surface area contributed by atoms with Gasteiger partial charge in [0.15, 0.2) is 5.88 Å². The fraction of sp³-hybridized carbons (Fsp3) is 0.333. The lowest BCUT2D eigenvalue weighted by Crippen LogP contribution is -2.30. The summed E-state index contributed by atoms with van der Waals surface area (Å²) < 4.78 is 4.93. The number of carboxylic acid groups (broad SMARTS) is 1. The Bertz CT molecular complexity index is 334. The fourth-order valence-corrected chi connectivity index (χ4v) is 1.08. The van der Waals surface area contributed by atoms with Crippen LogP contribution in [0.25, 0.3) is 0 Å². The Hall–Kier alpha value is -1.98. The molecule has 0 aliphatic heterocycles. The van der Waals surface area contributed by atoms with Crippen LogP contribution in [0.1, 0.15) is 12.8 Å². The molecule has 1 heterocycles. The first-order valence-electron chi connectivity index (χ1n) is 4.40. The highest BCUT2D eigenvalue weighted by Gasteiger charge is 2.18. The zero-order valence-corrected chi connectivity index (χ0v) is 7.97. The van der Waals surface area contributed by atoms with Crippen LogP contribution in [-0.2, 0) is 9.59 Å². The quantitative estimate of drug-likeness (QED) is 0.633. The Morgan fingerprint density at radius 1 is 1.60 bits per heavy atom. The number of carboxylic acids is 1. The van der Waals surface area contributed by atoms with E-state index >= 15 is 0 Å². The van der Waals surface area contributed by atoms with Gasteiger partial charge < -0.3 is 20.6 Å². The van der Waals surface area contributed by atoms with Gasteiger partial charge in [-0.05, 0) is 12.5 Å². The third-order valence-corrected chi connectivity index (χ3v) is 1.82. The van der Waals surface area contributed by atoms with Gasteiger partial charge >= 0.3 is 5.97 Å². The third-order valence-electron chi connectivity index (χ3n) is 1.82. The number of nitrogens with two attached hydrogens (primary N) is 1. The van der Waals surface area contributed by atoms with Crippen LogP contribution >= 0.6 is 0 Å². The number of rotatable bonds is 6. The number of furan rings is 1. The molecule has 1 aromatic rings. The van der Waals surface area contributed by atoms with Gasteiger partial charge in [0, 0.05) is 12.5 Å². The number of amides is 1. The second-order valence-electron chi connectivity index (χ2n) is 3.02. The van der Waals surface area contributed by atoms with Crippen molar-refractivity contribution in [3.63, 3.8) is 0 Å². The Kier molecular flexibility index (Phi) is 3.73. The number of aliphatic carboxylic acids is 1. The lowest BCUT2D eigenvalue weighted by atomic mass is 10.1. The molecule has 4 N–H and O–H groups in total. The molecular formula is C9H12N2O4. The molecule has 1 amide bonds. The molecule has 1 rings (SSSR count). The largest absolute Gasteiger partial charge is 0.480 e. The van der Waals surface area contributed by atoms with Crippen molar-refractivity contribution in [1.82, 2.24) is 0 Å². The number of hydrogen-bond donors (Lipinski definition) is 3. The van der Waals surface area contributed by atoms with E-state index < -0.39 is 17.9 Å². The van der Waals surface area contributed by atoms with Gasteiger partial charge in [-0.1, -0.05) is 0 Å². The zero-order valence-electron chi connectivity index (χ0n) is 7.97. The van der Waals surface area contributed by atoms with Crippen molar-refractivity contribution >= 4 is 17.8 Å². The molecule has 6 heteroatoms. The minimum absolute atomic E-state index is 0.0185. The van der Waals surface area contributed by atoms with E-state index in [0.717, 1.165) is 0 Å². The maximum atomic E-state index is 10.8. The SMILES string of the molecule is NC(=O)CCC(Nc1ccco1)C(=O)O. The van der Waals surface area contributed by atoms with Crippen molar-refractivity contribution in [1.29, 1.82) is 0 Å². The highest BCUT2D eigenvalue weighted by molar-refractivity contribution is 5.79. The van der Waals surface area contributed by atoms with Crippen molar-refractivity contribution < 1.29 is 19.1 Å². The van der Waals surface area contributed by atoms with Gasteiger partial charge in [-0.3, -0.25) is 4.79 Å². The zero-order chi connectivity index (χ0) is 11.3. The van der Waals surface area contributed by atoms with E-state index in [4.69, 9.17) is 15.3 Å². The summed E-state index contributed by atoms with van der Waals surface area (Å²) in [6.07, 6.45) is 1.57. The summed E-state index contributed by atoms with van der Waals surface area (Å²) >= 11 is 0. The molecule has 82 valence electrons. The summed E-state index contributed by atoms with van der Waals surface area (Å²) in [4.78, 5) is 21.3. The van der Waals surface area contributed by atoms with Crippen LogP contribution in [-0.4, -0.2) is 23.0 Å². The highest BCUT2D eigenvalue weighted by atomic mass is 16.4. The summed E-state index contributed by atoms with van der Waals surface area (Å²) in [5.74, 6) is -1.22. The smallest absolute Gasteiger partial charge is 0.326 e. The van der Waals surface area contributed by atoms with Crippen LogP contribution in [0.3, 0.4) is 0 Å². The summed E-state index contributed by atoms with van der Waals surface area (Å²) in [6, 6.07) is 2.36. The molecule has 1 unspecified atom stereocenters. The molecule has 1 atom stereocenters. The second kappa shape index (κ2) is 5.04. The van der Waals surface area contributed by atoms with Crippen LogP contribution in [0, 0.1) is 0 Å². The first kappa shape index (κ1) is 11.1. The monoisotopic (exact) mass is 212 g/mol. The second-order valence-corrected chi connectivity index (χ2v) is 3.02. The molecule has 1 aromatic heterocycles. The predicted molar refractivity (Wildman–Crippen MR) is 52.2 cm³/mol. The van der Waals surface area contributed by atoms with Gasteiger partial charge in [-0.2, -0.15) is 0 Å². The highest BCUT2D eigenvalue weighted by Crippen LogP contribution is 2.11. The third kappa shape index (κ3) is 3.72. The van der Waals surface area contributed by atoms with Gasteiger partial charge in [-0.15, -0.1) is 0 Å². The Morgan fingerprint density at radius 3 is 2.80 bits per heavy atom. The van der Waals surface area contributed by atoms with Gasteiger partial charge in [0.05, 0.1) is 6.26 Å². The number of nitrogens with one attached hydrogen (secondary N) is 1. The Labute approximate surface area is 86.1 Å². The molecule has 0 saturated carbocycles. The molecule has 0 fully saturated rings. The van der Waals surface area contributed by atoms with Crippen LogP contribution in [0.4, 0.5) is 5.88 Å². The van der Waals surface area contributed by atoms with Crippen molar-refractivity contribution in [2.45, 2.75) is 18.9 Å². The van der Waals surface area contributed by atoms with Crippen molar-refractivity contribution in [2.24, 2.45) is 5.73 Å². The molecule has 0 saturated heterocycles. The van der Waals surface area contributed by atoms with E-state index in [9.17, 15) is 9.59 Å². The van der Waals surface area contributed by atoms with Crippen molar-refractivity contribution in [2.75, 3.05) is 5.32 Å². The van der Waals surface area contributed by atoms with Gasteiger partial charge in [0.1, 0.15) is 6.04 Å². The number of carbonyl (C=O) groups is 2. The molecule has 0 bridgehead atoms. The summed E-state index contributed by atoms with van der Waals surface area (Å²) in [7, 11) is 0. The number of hydrogen-bond acceptors (Lipinski definition) is 4. The number of anilines is 1. The Morgan fingerprint density at radius 2 is 2.33 bits per heavy atom. The van der Waals surface area contributed by atoms with Crippen LogP contribution < -0.4 is 11.1 Å². The molecule has 0 spiro atoms. The molecule has 0 aliphatic carbocycles. The molecule has 0 aromatic carbocycles. The van der Waals surface area contributed by atoms with E-state index in [1.807, 2.05) is 0 Å². The van der Waals surface area contributed by atoms with Gasteiger partial charge in [0.25, 0.3) is 0 Å². The lowest BCUT2D eigenvalue weighted by molar-refractivity contribution is -0.138. The topological polar surface area (TPSA) is 106 Å². The van der Waals surface area contributed by atoms with E-state index in [2.05, 4.69) is 5.32 Å². The molecule has 0 radical (unpaired) electrons.